The van der Waals surface area contributed by atoms with Crippen LogP contribution in [0.15, 0.2) is 10.7 Å². The van der Waals surface area contributed by atoms with Crippen molar-refractivity contribution in [1.29, 1.82) is 0 Å². The molecule has 2 rings (SSSR count). The van der Waals surface area contributed by atoms with Crippen LogP contribution < -0.4 is 9.64 Å². The molecule has 0 radical (unpaired) electrons. The SMILES string of the molecule is COc1nc(N2CCN(C(=O)OC(C)(C)C)C(C)C2)ncc1Br. The summed E-state index contributed by atoms with van der Waals surface area (Å²) >= 11 is 3.35. The highest BCUT2D eigenvalue weighted by molar-refractivity contribution is 9.10. The topological polar surface area (TPSA) is 67.8 Å². The maximum absolute atomic E-state index is 12.2. The second kappa shape index (κ2) is 6.90. The molecule has 128 valence electrons. The summed E-state index contributed by atoms with van der Waals surface area (Å²) in [5.41, 5.74) is -0.490. The predicted octanol–water partition coefficient (Wildman–Crippen LogP) is 2.69. The molecule has 1 aliphatic rings. The van der Waals surface area contributed by atoms with Gasteiger partial charge in [0.15, 0.2) is 0 Å². The Bertz CT molecular complexity index is 576. The lowest BCUT2D eigenvalue weighted by Gasteiger charge is -2.40. The monoisotopic (exact) mass is 386 g/mol. The number of hydrogen-bond donors (Lipinski definition) is 0. The van der Waals surface area contributed by atoms with E-state index in [1.165, 1.54) is 0 Å². The van der Waals surface area contributed by atoms with Gasteiger partial charge in [0.25, 0.3) is 0 Å². The summed E-state index contributed by atoms with van der Waals surface area (Å²) in [4.78, 5) is 24.7. The zero-order valence-electron chi connectivity index (χ0n) is 14.2. The van der Waals surface area contributed by atoms with Crippen molar-refractivity contribution >= 4 is 28.0 Å². The van der Waals surface area contributed by atoms with Crippen molar-refractivity contribution in [2.75, 3.05) is 31.6 Å². The molecular formula is C15H23BrN4O3. The first kappa shape index (κ1) is 17.8. The van der Waals surface area contributed by atoms with Gasteiger partial charge in [-0.15, -0.1) is 0 Å². The molecule has 7 nitrogen and oxygen atoms in total. The van der Waals surface area contributed by atoms with Gasteiger partial charge in [0.2, 0.25) is 11.8 Å². The lowest BCUT2D eigenvalue weighted by atomic mass is 10.2. The predicted molar refractivity (Wildman–Crippen MR) is 90.9 cm³/mol. The lowest BCUT2D eigenvalue weighted by Crippen LogP contribution is -2.55. The first-order valence-electron chi connectivity index (χ1n) is 7.52. The van der Waals surface area contributed by atoms with Gasteiger partial charge in [-0.1, -0.05) is 0 Å². The molecule has 0 bridgehead atoms. The van der Waals surface area contributed by atoms with Crippen LogP contribution in [-0.4, -0.2) is 59.3 Å². The van der Waals surface area contributed by atoms with E-state index in [0.717, 1.165) is 0 Å². The van der Waals surface area contributed by atoms with Gasteiger partial charge in [0.05, 0.1) is 17.8 Å². The number of anilines is 1. The Labute approximate surface area is 145 Å². The Morgan fingerprint density at radius 2 is 2.09 bits per heavy atom. The van der Waals surface area contributed by atoms with Crippen molar-refractivity contribution in [2.24, 2.45) is 0 Å². The summed E-state index contributed by atoms with van der Waals surface area (Å²) in [6.45, 7) is 9.46. The van der Waals surface area contributed by atoms with Crippen molar-refractivity contribution in [3.8, 4) is 5.88 Å². The molecule has 1 aliphatic heterocycles. The van der Waals surface area contributed by atoms with Gasteiger partial charge in [-0.3, -0.25) is 0 Å². The molecule has 1 aromatic rings. The Hall–Kier alpha value is -1.57. The van der Waals surface area contributed by atoms with E-state index in [9.17, 15) is 4.79 Å². The molecule has 0 N–H and O–H groups in total. The number of hydrogen-bond acceptors (Lipinski definition) is 6. The molecule has 1 unspecified atom stereocenters. The number of piperazine rings is 1. The molecule has 1 amide bonds. The number of ether oxygens (including phenoxy) is 2. The van der Waals surface area contributed by atoms with E-state index in [0.29, 0.717) is 35.9 Å². The summed E-state index contributed by atoms with van der Waals surface area (Å²) in [5, 5.41) is 0. The van der Waals surface area contributed by atoms with Crippen LogP contribution in [0.5, 0.6) is 5.88 Å². The molecule has 0 aromatic carbocycles. The molecule has 1 aromatic heterocycles. The van der Waals surface area contributed by atoms with Crippen molar-refractivity contribution < 1.29 is 14.3 Å². The lowest BCUT2D eigenvalue weighted by molar-refractivity contribution is 0.0158. The van der Waals surface area contributed by atoms with Crippen molar-refractivity contribution in [1.82, 2.24) is 14.9 Å². The maximum Gasteiger partial charge on any atom is 0.410 e. The van der Waals surface area contributed by atoms with Gasteiger partial charge in [0.1, 0.15) is 5.60 Å². The summed E-state index contributed by atoms with van der Waals surface area (Å²) in [6, 6.07) is 0.0110. The number of rotatable bonds is 2. The number of methoxy groups -OCH3 is 1. The largest absolute Gasteiger partial charge is 0.480 e. The minimum Gasteiger partial charge on any atom is -0.480 e. The zero-order chi connectivity index (χ0) is 17.2. The van der Waals surface area contributed by atoms with E-state index in [1.54, 1.807) is 18.2 Å². The fourth-order valence-corrected chi connectivity index (χ4v) is 2.72. The van der Waals surface area contributed by atoms with Gasteiger partial charge in [-0.25, -0.2) is 9.78 Å². The van der Waals surface area contributed by atoms with E-state index in [1.807, 2.05) is 32.6 Å². The van der Waals surface area contributed by atoms with Gasteiger partial charge in [-0.2, -0.15) is 4.98 Å². The summed E-state index contributed by atoms with van der Waals surface area (Å²) < 4.78 is 11.4. The van der Waals surface area contributed by atoms with Gasteiger partial charge in [-0.05, 0) is 43.6 Å². The Kier molecular flexibility index (Phi) is 5.33. The van der Waals surface area contributed by atoms with Crippen molar-refractivity contribution in [3.63, 3.8) is 0 Å². The summed E-state index contributed by atoms with van der Waals surface area (Å²) in [7, 11) is 1.57. The molecule has 0 spiro atoms. The van der Waals surface area contributed by atoms with E-state index < -0.39 is 5.60 Å². The third-order valence-electron chi connectivity index (χ3n) is 3.43. The highest BCUT2D eigenvalue weighted by Crippen LogP contribution is 2.25. The standard InChI is InChI=1S/C15H23BrN4O3/c1-10-9-19(13-17-8-11(16)12(18-13)22-5)6-7-20(10)14(21)23-15(2,3)4/h8,10H,6-7,9H2,1-5H3. The fraction of sp³-hybridized carbons (Fsp3) is 0.667. The van der Waals surface area contributed by atoms with Crippen LogP contribution in [0, 0.1) is 0 Å². The zero-order valence-corrected chi connectivity index (χ0v) is 15.8. The van der Waals surface area contributed by atoms with Crippen molar-refractivity contribution in [2.45, 2.75) is 39.3 Å². The van der Waals surface area contributed by atoms with Crippen LogP contribution in [0.4, 0.5) is 10.7 Å². The average Bonchev–Trinajstić information content (AvgIpc) is 2.45. The van der Waals surface area contributed by atoms with E-state index in [-0.39, 0.29) is 12.1 Å². The minimum atomic E-state index is -0.490. The number of nitrogens with zero attached hydrogens (tertiary/aromatic N) is 4. The van der Waals surface area contributed by atoms with Crippen LogP contribution >= 0.6 is 15.9 Å². The third kappa shape index (κ3) is 4.46. The Balaban J connectivity index is 2.05. The molecule has 23 heavy (non-hydrogen) atoms. The molecule has 0 saturated carbocycles. The molecule has 0 aliphatic carbocycles. The second-order valence-corrected chi connectivity index (χ2v) is 7.35. The average molecular weight is 387 g/mol. The Morgan fingerprint density at radius 1 is 1.39 bits per heavy atom. The molecule has 8 heteroatoms. The summed E-state index contributed by atoms with van der Waals surface area (Å²) in [6.07, 6.45) is 1.39. The first-order chi connectivity index (χ1) is 10.7. The number of amides is 1. The molecule has 1 atom stereocenters. The third-order valence-corrected chi connectivity index (χ3v) is 3.97. The molecule has 1 saturated heterocycles. The molecule has 1 fully saturated rings. The van der Waals surface area contributed by atoms with Crippen LogP contribution in [0.3, 0.4) is 0 Å². The number of carbonyl (C=O) groups excluding carboxylic acids is 1. The normalized spacial score (nSPS) is 18.8. The fourth-order valence-electron chi connectivity index (χ4n) is 2.37. The van der Waals surface area contributed by atoms with E-state index >= 15 is 0 Å². The van der Waals surface area contributed by atoms with Gasteiger partial charge >= 0.3 is 6.09 Å². The summed E-state index contributed by atoms with van der Waals surface area (Å²) in [5.74, 6) is 1.10. The minimum absolute atomic E-state index is 0.0110. The van der Waals surface area contributed by atoms with Crippen LogP contribution in [-0.2, 0) is 4.74 Å². The smallest absolute Gasteiger partial charge is 0.410 e. The second-order valence-electron chi connectivity index (χ2n) is 6.50. The first-order valence-corrected chi connectivity index (χ1v) is 8.31. The van der Waals surface area contributed by atoms with Crippen LogP contribution in [0.1, 0.15) is 27.7 Å². The molecule has 2 heterocycles. The number of carbonyl (C=O) groups is 1. The highest BCUT2D eigenvalue weighted by atomic mass is 79.9. The number of aromatic nitrogens is 2. The number of halogens is 1. The van der Waals surface area contributed by atoms with E-state index in [2.05, 4.69) is 25.9 Å². The highest BCUT2D eigenvalue weighted by Gasteiger charge is 2.31. The van der Waals surface area contributed by atoms with Gasteiger partial charge < -0.3 is 19.3 Å². The van der Waals surface area contributed by atoms with Crippen molar-refractivity contribution in [3.05, 3.63) is 10.7 Å². The Morgan fingerprint density at radius 3 is 2.65 bits per heavy atom. The molecular weight excluding hydrogens is 364 g/mol. The van der Waals surface area contributed by atoms with E-state index in [4.69, 9.17) is 9.47 Å². The van der Waals surface area contributed by atoms with Crippen LogP contribution in [0.2, 0.25) is 0 Å². The van der Waals surface area contributed by atoms with Crippen LogP contribution in [0.25, 0.3) is 0 Å². The maximum atomic E-state index is 12.2. The van der Waals surface area contributed by atoms with Gasteiger partial charge in [0, 0.05) is 25.7 Å². The quantitative estimate of drug-likeness (QED) is 0.778.